The second-order valence-electron chi connectivity index (χ2n) is 6.58. The lowest BCUT2D eigenvalue weighted by atomic mass is 10.1. The molecule has 1 N–H and O–H groups in total. The minimum Gasteiger partial charge on any atom is -0.495 e. The molecule has 2 aromatic rings. The zero-order valence-electron chi connectivity index (χ0n) is 16.6. The van der Waals surface area contributed by atoms with Gasteiger partial charge in [-0.25, -0.2) is 12.8 Å². The minimum absolute atomic E-state index is 0.180. The van der Waals surface area contributed by atoms with Crippen molar-refractivity contribution in [1.29, 1.82) is 0 Å². The van der Waals surface area contributed by atoms with Gasteiger partial charge in [0.2, 0.25) is 15.9 Å². The first-order valence-electron chi connectivity index (χ1n) is 8.97. The Morgan fingerprint density at radius 3 is 2.38 bits per heavy atom. The highest BCUT2D eigenvalue weighted by molar-refractivity contribution is 7.92. The summed E-state index contributed by atoms with van der Waals surface area (Å²) in [5.74, 6) is -0.593. The molecule has 2 atom stereocenters. The van der Waals surface area contributed by atoms with Crippen LogP contribution in [0.3, 0.4) is 0 Å². The third-order valence-electron chi connectivity index (χ3n) is 4.44. The summed E-state index contributed by atoms with van der Waals surface area (Å²) >= 11 is 6.06. The van der Waals surface area contributed by atoms with Gasteiger partial charge in [-0.15, -0.1) is 0 Å². The number of carbonyl (C=O) groups excluding carboxylic acids is 1. The average molecular weight is 443 g/mol. The molecule has 0 heterocycles. The van der Waals surface area contributed by atoms with Gasteiger partial charge in [0.1, 0.15) is 17.6 Å². The molecule has 6 nitrogen and oxygen atoms in total. The van der Waals surface area contributed by atoms with Crippen LogP contribution in [0.5, 0.6) is 5.75 Å². The molecule has 0 saturated carbocycles. The highest BCUT2D eigenvalue weighted by Gasteiger charge is 2.34. The van der Waals surface area contributed by atoms with Crippen molar-refractivity contribution >= 4 is 33.2 Å². The molecule has 0 radical (unpaired) electrons. The van der Waals surface area contributed by atoms with E-state index in [0.29, 0.717) is 10.6 Å². The molecule has 0 aliphatic carbocycles. The van der Waals surface area contributed by atoms with Crippen LogP contribution in [0.4, 0.5) is 10.1 Å². The second kappa shape index (κ2) is 9.45. The van der Waals surface area contributed by atoms with Gasteiger partial charge in [0.15, 0.2) is 0 Å². The number of rotatable bonds is 8. The highest BCUT2D eigenvalue weighted by atomic mass is 35.5. The summed E-state index contributed by atoms with van der Waals surface area (Å²) in [6, 6.07) is 8.82. The van der Waals surface area contributed by atoms with Crippen molar-refractivity contribution in [2.75, 3.05) is 17.7 Å². The summed E-state index contributed by atoms with van der Waals surface area (Å²) in [7, 11) is -2.44. The standard InChI is InChI=1S/C20H24ClFN2O4S/c1-5-17(20(25)23-13(2)14-6-9-16(22)10-7-14)24(29(4,26)27)18-12-15(21)8-11-19(18)28-3/h6-13,17H,5H2,1-4H3,(H,23,25)/t13-,17-/m1/s1. The molecule has 0 bridgehead atoms. The molecule has 9 heteroatoms. The number of benzene rings is 2. The predicted octanol–water partition coefficient (Wildman–Crippen LogP) is 3.91. The van der Waals surface area contributed by atoms with E-state index in [1.807, 2.05) is 0 Å². The maximum atomic E-state index is 13.1. The highest BCUT2D eigenvalue weighted by Crippen LogP contribution is 2.35. The van der Waals surface area contributed by atoms with Crippen molar-refractivity contribution in [3.63, 3.8) is 0 Å². The summed E-state index contributed by atoms with van der Waals surface area (Å²) in [5, 5.41) is 3.11. The number of halogens is 2. The SMILES string of the molecule is CC[C@H](C(=O)N[C@H](C)c1ccc(F)cc1)N(c1cc(Cl)ccc1OC)S(C)(=O)=O. The van der Waals surface area contributed by atoms with E-state index in [2.05, 4.69) is 5.32 Å². The lowest BCUT2D eigenvalue weighted by Gasteiger charge is -2.32. The van der Waals surface area contributed by atoms with Gasteiger partial charge in [0.05, 0.1) is 25.1 Å². The summed E-state index contributed by atoms with van der Waals surface area (Å²) in [6.07, 6.45) is 1.23. The molecule has 0 saturated heterocycles. The van der Waals surface area contributed by atoms with E-state index in [0.717, 1.165) is 10.6 Å². The van der Waals surface area contributed by atoms with E-state index >= 15 is 0 Å². The number of hydrogen-bond donors (Lipinski definition) is 1. The van der Waals surface area contributed by atoms with Gasteiger partial charge >= 0.3 is 0 Å². The number of sulfonamides is 1. The van der Waals surface area contributed by atoms with Gasteiger partial charge in [-0.3, -0.25) is 9.10 Å². The lowest BCUT2D eigenvalue weighted by molar-refractivity contribution is -0.122. The third-order valence-corrected chi connectivity index (χ3v) is 5.84. The minimum atomic E-state index is -3.85. The maximum Gasteiger partial charge on any atom is 0.244 e. The molecule has 2 rings (SSSR count). The lowest BCUT2D eigenvalue weighted by Crippen LogP contribution is -2.49. The zero-order valence-corrected chi connectivity index (χ0v) is 18.2. The first-order chi connectivity index (χ1) is 13.6. The molecule has 0 aromatic heterocycles. The summed E-state index contributed by atoms with van der Waals surface area (Å²) in [6.45, 7) is 3.45. The topological polar surface area (TPSA) is 75.7 Å². The number of nitrogens with zero attached hydrogens (tertiary/aromatic N) is 1. The van der Waals surface area contributed by atoms with Crippen LogP contribution < -0.4 is 14.4 Å². The molecule has 0 fully saturated rings. The molecule has 0 aliphatic heterocycles. The fourth-order valence-corrected chi connectivity index (χ4v) is 4.39. The molecule has 29 heavy (non-hydrogen) atoms. The Kier molecular flexibility index (Phi) is 7.48. The quantitative estimate of drug-likeness (QED) is 0.672. The first-order valence-corrected chi connectivity index (χ1v) is 11.2. The number of hydrogen-bond acceptors (Lipinski definition) is 4. The summed E-state index contributed by atoms with van der Waals surface area (Å²) in [5.41, 5.74) is 0.875. The van der Waals surface area contributed by atoms with Crippen LogP contribution in [0, 0.1) is 5.82 Å². The maximum absolute atomic E-state index is 13.1. The van der Waals surface area contributed by atoms with Gasteiger partial charge in [-0.05, 0) is 49.2 Å². The van der Waals surface area contributed by atoms with Crippen molar-refractivity contribution < 1.29 is 22.3 Å². The number of anilines is 1. The van der Waals surface area contributed by atoms with Crippen molar-refractivity contribution in [1.82, 2.24) is 5.32 Å². The molecule has 2 aromatic carbocycles. The van der Waals surface area contributed by atoms with Gasteiger partial charge < -0.3 is 10.1 Å². The van der Waals surface area contributed by atoms with Crippen LogP contribution in [-0.4, -0.2) is 33.7 Å². The Balaban J connectivity index is 2.40. The molecular weight excluding hydrogens is 419 g/mol. The van der Waals surface area contributed by atoms with Crippen LogP contribution >= 0.6 is 11.6 Å². The number of nitrogens with one attached hydrogen (secondary N) is 1. The van der Waals surface area contributed by atoms with Crippen LogP contribution in [-0.2, 0) is 14.8 Å². The van der Waals surface area contributed by atoms with E-state index in [1.54, 1.807) is 38.1 Å². The average Bonchev–Trinajstić information content (AvgIpc) is 2.65. The molecule has 0 unspecified atom stereocenters. The van der Waals surface area contributed by atoms with E-state index < -0.39 is 28.0 Å². The normalized spacial score (nSPS) is 13.4. The zero-order chi connectivity index (χ0) is 21.8. The van der Waals surface area contributed by atoms with E-state index in [9.17, 15) is 17.6 Å². The fourth-order valence-electron chi connectivity index (χ4n) is 3.02. The monoisotopic (exact) mass is 442 g/mol. The second-order valence-corrected chi connectivity index (χ2v) is 8.88. The van der Waals surface area contributed by atoms with Crippen LogP contribution in [0.25, 0.3) is 0 Å². The molecule has 0 spiro atoms. The Hall–Kier alpha value is -2.32. The third kappa shape index (κ3) is 5.61. The van der Waals surface area contributed by atoms with Crippen LogP contribution in [0.15, 0.2) is 42.5 Å². The van der Waals surface area contributed by atoms with Crippen molar-refractivity contribution in [2.24, 2.45) is 0 Å². The van der Waals surface area contributed by atoms with Crippen LogP contribution in [0.1, 0.15) is 31.9 Å². The molecule has 0 aliphatic rings. The van der Waals surface area contributed by atoms with E-state index in [4.69, 9.17) is 16.3 Å². The molecular formula is C20H24ClFN2O4S. The van der Waals surface area contributed by atoms with Gasteiger partial charge in [-0.2, -0.15) is 0 Å². The smallest absolute Gasteiger partial charge is 0.244 e. The Labute approximate surface area is 175 Å². The first kappa shape index (κ1) is 23.0. The number of amides is 1. The number of carbonyl (C=O) groups is 1. The molecule has 158 valence electrons. The predicted molar refractivity (Wildman–Crippen MR) is 112 cm³/mol. The fraction of sp³-hybridized carbons (Fsp3) is 0.350. The number of methoxy groups -OCH3 is 1. The Morgan fingerprint density at radius 2 is 1.86 bits per heavy atom. The Morgan fingerprint density at radius 1 is 1.24 bits per heavy atom. The van der Waals surface area contributed by atoms with E-state index in [-0.39, 0.29) is 23.7 Å². The molecule has 1 amide bonds. The largest absolute Gasteiger partial charge is 0.495 e. The van der Waals surface area contributed by atoms with Crippen molar-refractivity contribution in [2.45, 2.75) is 32.4 Å². The van der Waals surface area contributed by atoms with E-state index in [1.165, 1.54) is 25.3 Å². The van der Waals surface area contributed by atoms with Gasteiger partial charge in [0, 0.05) is 5.02 Å². The van der Waals surface area contributed by atoms with Crippen molar-refractivity contribution in [3.05, 3.63) is 58.9 Å². The number of ether oxygens (including phenoxy) is 1. The van der Waals surface area contributed by atoms with Gasteiger partial charge in [-0.1, -0.05) is 30.7 Å². The summed E-state index contributed by atoms with van der Waals surface area (Å²) < 4.78 is 44.7. The summed E-state index contributed by atoms with van der Waals surface area (Å²) in [4.78, 5) is 13.0. The van der Waals surface area contributed by atoms with Gasteiger partial charge in [0.25, 0.3) is 0 Å². The Bertz CT molecular complexity index is 967. The van der Waals surface area contributed by atoms with Crippen LogP contribution in [0.2, 0.25) is 5.02 Å². The van der Waals surface area contributed by atoms with Crippen molar-refractivity contribution in [3.8, 4) is 5.75 Å².